The van der Waals surface area contributed by atoms with Crippen LogP contribution in [0.5, 0.6) is 5.75 Å². The van der Waals surface area contributed by atoms with Crippen LogP contribution in [0.2, 0.25) is 0 Å². The first-order valence-corrected chi connectivity index (χ1v) is 13.4. The lowest BCUT2D eigenvalue weighted by molar-refractivity contribution is 0.0671. The number of nitrogens with zero attached hydrogens (tertiary/aromatic N) is 1. The van der Waals surface area contributed by atoms with Gasteiger partial charge >= 0.3 is 10.1 Å². The summed E-state index contributed by atoms with van der Waals surface area (Å²) >= 11 is 0. The summed E-state index contributed by atoms with van der Waals surface area (Å²) in [6, 6.07) is 28.5. The van der Waals surface area contributed by atoms with E-state index in [1.54, 1.807) is 17.0 Å². The minimum Gasteiger partial charge on any atom is -0.379 e. The molecule has 4 rings (SSSR count). The van der Waals surface area contributed by atoms with Crippen molar-refractivity contribution in [3.05, 3.63) is 120 Å². The number of carbonyl (C=O) groups excluding carboxylic acids is 1. The van der Waals surface area contributed by atoms with Crippen LogP contribution in [0.15, 0.2) is 108 Å². The van der Waals surface area contributed by atoms with Crippen LogP contribution in [0, 0.1) is 5.82 Å². The number of halogens is 1. The molecule has 1 unspecified atom stereocenters. The molecule has 0 aromatic heterocycles. The Morgan fingerprint density at radius 2 is 1.51 bits per heavy atom. The first-order chi connectivity index (χ1) is 17.8. The molecule has 0 spiro atoms. The highest BCUT2D eigenvalue weighted by Gasteiger charge is 2.22. The van der Waals surface area contributed by atoms with Gasteiger partial charge in [-0.15, -0.1) is 0 Å². The Morgan fingerprint density at radius 1 is 0.865 bits per heavy atom. The third-order valence-corrected chi connectivity index (χ3v) is 7.44. The van der Waals surface area contributed by atoms with Crippen molar-refractivity contribution in [3.8, 4) is 16.9 Å². The van der Waals surface area contributed by atoms with E-state index in [1.165, 1.54) is 6.07 Å². The standard InChI is InChI=1S/C30H28FNO4S/c1-3-22(2)32(30(33)26-14-12-25(13-15-26)24-9-5-4-6-10-24)21-23-8-7-11-28(20-23)36-37(34,35)29-18-16-27(31)17-19-29/h4-20,22H,3,21H2,1-2H3. The van der Waals surface area contributed by atoms with Crippen LogP contribution in [-0.2, 0) is 16.7 Å². The predicted octanol–water partition coefficient (Wildman–Crippen LogP) is 6.70. The summed E-state index contributed by atoms with van der Waals surface area (Å²) < 4.78 is 43.7. The van der Waals surface area contributed by atoms with Gasteiger partial charge in [0.25, 0.3) is 5.91 Å². The lowest BCUT2D eigenvalue weighted by Gasteiger charge is -2.29. The van der Waals surface area contributed by atoms with Crippen LogP contribution >= 0.6 is 0 Å². The highest BCUT2D eigenvalue weighted by atomic mass is 32.2. The van der Waals surface area contributed by atoms with Crippen LogP contribution in [0.25, 0.3) is 11.1 Å². The molecule has 1 amide bonds. The van der Waals surface area contributed by atoms with E-state index in [0.717, 1.165) is 47.4 Å². The van der Waals surface area contributed by atoms with Gasteiger partial charge in [-0.05, 0) is 78.6 Å². The fourth-order valence-electron chi connectivity index (χ4n) is 3.92. The van der Waals surface area contributed by atoms with Gasteiger partial charge < -0.3 is 9.08 Å². The Balaban J connectivity index is 1.53. The van der Waals surface area contributed by atoms with Crippen LogP contribution in [0.1, 0.15) is 36.2 Å². The van der Waals surface area contributed by atoms with Crippen molar-refractivity contribution >= 4 is 16.0 Å². The third kappa shape index (κ3) is 6.43. The Kier molecular flexibility index (Phi) is 8.04. The average molecular weight is 518 g/mol. The quantitative estimate of drug-likeness (QED) is 0.232. The predicted molar refractivity (Wildman–Crippen MR) is 142 cm³/mol. The summed E-state index contributed by atoms with van der Waals surface area (Å²) in [5.74, 6) is -0.532. The van der Waals surface area contributed by atoms with Crippen LogP contribution in [0.4, 0.5) is 4.39 Å². The number of benzene rings is 4. The fraction of sp³-hybridized carbons (Fsp3) is 0.167. The Bertz CT molecular complexity index is 1450. The van der Waals surface area contributed by atoms with Gasteiger partial charge in [0.1, 0.15) is 16.5 Å². The van der Waals surface area contributed by atoms with E-state index >= 15 is 0 Å². The zero-order chi connectivity index (χ0) is 26.4. The van der Waals surface area contributed by atoms with E-state index in [2.05, 4.69) is 0 Å². The normalized spacial score (nSPS) is 12.1. The molecule has 1 atom stereocenters. The molecule has 7 heteroatoms. The van der Waals surface area contributed by atoms with Crippen LogP contribution < -0.4 is 4.18 Å². The first-order valence-electron chi connectivity index (χ1n) is 12.0. The molecule has 0 saturated carbocycles. The molecule has 5 nitrogen and oxygen atoms in total. The molecular formula is C30H28FNO4S. The highest BCUT2D eigenvalue weighted by molar-refractivity contribution is 7.87. The summed E-state index contributed by atoms with van der Waals surface area (Å²) in [6.45, 7) is 4.27. The van der Waals surface area contributed by atoms with Crippen molar-refractivity contribution < 1.29 is 21.8 Å². The number of hydrogen-bond donors (Lipinski definition) is 0. The van der Waals surface area contributed by atoms with E-state index in [0.29, 0.717) is 5.56 Å². The molecule has 190 valence electrons. The summed E-state index contributed by atoms with van der Waals surface area (Å²) in [6.07, 6.45) is 0.753. The van der Waals surface area contributed by atoms with E-state index in [9.17, 15) is 17.6 Å². The molecule has 0 saturated heterocycles. The van der Waals surface area contributed by atoms with Crippen LogP contribution in [0.3, 0.4) is 0 Å². The van der Waals surface area contributed by atoms with Gasteiger partial charge in [-0.2, -0.15) is 8.42 Å². The molecule has 0 N–H and O–H groups in total. The van der Waals surface area contributed by atoms with Crippen molar-refractivity contribution in [1.29, 1.82) is 0 Å². The second kappa shape index (κ2) is 11.4. The fourth-order valence-corrected chi connectivity index (χ4v) is 4.84. The van der Waals surface area contributed by atoms with Gasteiger partial charge in [0, 0.05) is 18.2 Å². The van der Waals surface area contributed by atoms with Crippen molar-refractivity contribution in [1.82, 2.24) is 4.90 Å². The molecule has 37 heavy (non-hydrogen) atoms. The molecule has 0 fully saturated rings. The first kappa shape index (κ1) is 26.1. The second-order valence-electron chi connectivity index (χ2n) is 8.77. The SMILES string of the molecule is CCC(C)N(Cc1cccc(OS(=O)(=O)c2ccc(F)cc2)c1)C(=O)c1ccc(-c2ccccc2)cc1. The summed E-state index contributed by atoms with van der Waals surface area (Å²) in [4.78, 5) is 15.1. The summed E-state index contributed by atoms with van der Waals surface area (Å²) in [5.41, 5.74) is 3.40. The molecule has 4 aromatic carbocycles. The smallest absolute Gasteiger partial charge is 0.339 e. The number of amides is 1. The van der Waals surface area contributed by atoms with E-state index in [-0.39, 0.29) is 29.1 Å². The van der Waals surface area contributed by atoms with Gasteiger partial charge in [-0.3, -0.25) is 4.79 Å². The van der Waals surface area contributed by atoms with Gasteiger partial charge in [-0.25, -0.2) is 4.39 Å². The second-order valence-corrected chi connectivity index (χ2v) is 10.3. The number of carbonyl (C=O) groups is 1. The lowest BCUT2D eigenvalue weighted by atomic mass is 10.0. The van der Waals surface area contributed by atoms with E-state index < -0.39 is 15.9 Å². The number of hydrogen-bond acceptors (Lipinski definition) is 4. The third-order valence-electron chi connectivity index (χ3n) is 6.18. The van der Waals surface area contributed by atoms with Gasteiger partial charge in [-0.1, -0.05) is 61.5 Å². The van der Waals surface area contributed by atoms with Crippen molar-refractivity contribution in [2.75, 3.05) is 0 Å². The van der Waals surface area contributed by atoms with Gasteiger partial charge in [0.2, 0.25) is 0 Å². The molecule has 0 aliphatic heterocycles. The van der Waals surface area contributed by atoms with Gasteiger partial charge in [0.05, 0.1) is 0 Å². The molecule has 0 aliphatic carbocycles. The lowest BCUT2D eigenvalue weighted by Crippen LogP contribution is -2.37. The molecular weight excluding hydrogens is 489 g/mol. The van der Waals surface area contributed by atoms with Crippen molar-refractivity contribution in [2.24, 2.45) is 0 Å². The molecule has 0 aliphatic rings. The van der Waals surface area contributed by atoms with Crippen molar-refractivity contribution in [3.63, 3.8) is 0 Å². The maximum atomic E-state index is 13.5. The summed E-state index contributed by atoms with van der Waals surface area (Å²) in [5, 5.41) is 0. The Hall–Kier alpha value is -3.97. The van der Waals surface area contributed by atoms with E-state index in [1.807, 2.05) is 74.5 Å². The Labute approximate surface area is 217 Å². The zero-order valence-electron chi connectivity index (χ0n) is 20.7. The van der Waals surface area contributed by atoms with Crippen molar-refractivity contribution in [2.45, 2.75) is 37.8 Å². The Morgan fingerprint density at radius 3 is 2.16 bits per heavy atom. The molecule has 0 bridgehead atoms. The maximum Gasteiger partial charge on any atom is 0.339 e. The maximum absolute atomic E-state index is 13.5. The zero-order valence-corrected chi connectivity index (χ0v) is 21.5. The topological polar surface area (TPSA) is 63.7 Å². The highest BCUT2D eigenvalue weighted by Crippen LogP contribution is 2.24. The summed E-state index contributed by atoms with van der Waals surface area (Å²) in [7, 11) is -4.13. The van der Waals surface area contributed by atoms with Crippen LogP contribution in [-0.4, -0.2) is 25.3 Å². The number of rotatable bonds is 9. The average Bonchev–Trinajstić information content (AvgIpc) is 2.92. The van der Waals surface area contributed by atoms with E-state index in [4.69, 9.17) is 4.18 Å². The molecule has 0 radical (unpaired) electrons. The minimum absolute atomic E-state index is 0.0474. The molecule has 4 aromatic rings. The molecule has 0 heterocycles. The minimum atomic E-state index is -4.13. The largest absolute Gasteiger partial charge is 0.379 e. The monoisotopic (exact) mass is 517 g/mol. The van der Waals surface area contributed by atoms with Gasteiger partial charge in [0.15, 0.2) is 0 Å².